The Labute approximate surface area is 216 Å². The van der Waals surface area contributed by atoms with Gasteiger partial charge < -0.3 is 29.4 Å². The van der Waals surface area contributed by atoms with Crippen molar-refractivity contribution >= 4 is 33.9 Å². The molecule has 0 bridgehead atoms. The second kappa shape index (κ2) is 11.3. The zero-order chi connectivity index (χ0) is 24.9. The first-order valence-electron chi connectivity index (χ1n) is 12.4. The van der Waals surface area contributed by atoms with Gasteiger partial charge in [-0.1, -0.05) is 17.7 Å². The van der Waals surface area contributed by atoms with E-state index in [0.717, 1.165) is 62.4 Å². The van der Waals surface area contributed by atoms with Crippen LogP contribution in [0.15, 0.2) is 47.3 Å². The first-order chi connectivity index (χ1) is 17.5. The van der Waals surface area contributed by atoms with Crippen LogP contribution in [0, 0.1) is 6.92 Å². The number of H-pyrrole nitrogens is 1. The lowest BCUT2D eigenvalue weighted by molar-refractivity contribution is 0.0367. The van der Waals surface area contributed by atoms with Crippen molar-refractivity contribution in [1.29, 1.82) is 0 Å². The van der Waals surface area contributed by atoms with Gasteiger partial charge >= 0.3 is 0 Å². The summed E-state index contributed by atoms with van der Waals surface area (Å²) in [6.45, 7) is 8.64. The van der Waals surface area contributed by atoms with Crippen molar-refractivity contribution < 1.29 is 14.2 Å². The summed E-state index contributed by atoms with van der Waals surface area (Å²) in [4.78, 5) is 20.5. The molecule has 1 aromatic heterocycles. The van der Waals surface area contributed by atoms with Crippen molar-refractivity contribution in [3.8, 4) is 11.5 Å². The third-order valence-electron chi connectivity index (χ3n) is 6.54. The molecule has 0 radical (unpaired) electrons. The molecule has 3 aromatic rings. The van der Waals surface area contributed by atoms with Gasteiger partial charge in [-0.05, 0) is 49.8 Å². The number of pyridine rings is 1. The van der Waals surface area contributed by atoms with E-state index in [2.05, 4.69) is 27.0 Å². The number of aryl methyl sites for hydroxylation is 1. The van der Waals surface area contributed by atoms with Gasteiger partial charge in [0.15, 0.2) is 16.6 Å². The van der Waals surface area contributed by atoms with Gasteiger partial charge in [0, 0.05) is 48.9 Å². The quantitative estimate of drug-likeness (QED) is 0.470. The van der Waals surface area contributed by atoms with Gasteiger partial charge in [-0.2, -0.15) is 0 Å². The molecule has 9 heteroatoms. The molecule has 36 heavy (non-hydrogen) atoms. The van der Waals surface area contributed by atoms with Gasteiger partial charge in [0.1, 0.15) is 13.2 Å². The zero-order valence-corrected chi connectivity index (χ0v) is 21.4. The summed E-state index contributed by atoms with van der Waals surface area (Å²) in [5.41, 5.74) is 3.37. The van der Waals surface area contributed by atoms with Gasteiger partial charge in [0.2, 0.25) is 0 Å². The Hall–Kier alpha value is -3.14. The van der Waals surface area contributed by atoms with Crippen LogP contribution in [-0.2, 0) is 11.3 Å². The van der Waals surface area contributed by atoms with E-state index in [-0.39, 0.29) is 5.56 Å². The number of nitrogens with one attached hydrogen (secondary N) is 2. The molecule has 1 saturated heterocycles. The third-order valence-corrected chi connectivity index (χ3v) is 6.90. The maximum absolute atomic E-state index is 13.0. The van der Waals surface area contributed by atoms with Crippen LogP contribution in [0.25, 0.3) is 10.9 Å². The Balaban J connectivity index is 1.35. The first kappa shape index (κ1) is 24.5. The third kappa shape index (κ3) is 5.98. The first-order valence-corrected chi connectivity index (χ1v) is 12.8. The molecule has 2 aliphatic rings. The van der Waals surface area contributed by atoms with E-state index >= 15 is 0 Å². The maximum Gasteiger partial charge on any atom is 0.253 e. The number of benzene rings is 2. The van der Waals surface area contributed by atoms with Crippen LogP contribution in [0.5, 0.6) is 11.5 Å². The number of hydrogen-bond acceptors (Lipinski definition) is 6. The van der Waals surface area contributed by atoms with Crippen LogP contribution in [0.4, 0.5) is 5.69 Å². The molecule has 2 aromatic carbocycles. The Kier molecular flexibility index (Phi) is 7.69. The monoisotopic (exact) mass is 508 g/mol. The highest BCUT2D eigenvalue weighted by Crippen LogP contribution is 2.33. The predicted octanol–water partition coefficient (Wildman–Crippen LogP) is 3.53. The van der Waals surface area contributed by atoms with Crippen LogP contribution < -0.4 is 20.3 Å². The Morgan fingerprint density at radius 3 is 2.53 bits per heavy atom. The van der Waals surface area contributed by atoms with Crippen molar-refractivity contribution in [3.63, 3.8) is 0 Å². The maximum atomic E-state index is 13.0. The summed E-state index contributed by atoms with van der Waals surface area (Å²) < 4.78 is 16.9. The summed E-state index contributed by atoms with van der Waals surface area (Å²) >= 11 is 5.81. The van der Waals surface area contributed by atoms with Crippen molar-refractivity contribution in [2.75, 3.05) is 57.9 Å². The minimum atomic E-state index is -0.129. The normalized spacial score (nSPS) is 15.6. The van der Waals surface area contributed by atoms with Gasteiger partial charge in [-0.3, -0.25) is 9.69 Å². The molecule has 1 fully saturated rings. The zero-order valence-electron chi connectivity index (χ0n) is 20.5. The van der Waals surface area contributed by atoms with E-state index in [1.807, 2.05) is 42.5 Å². The van der Waals surface area contributed by atoms with Crippen molar-refractivity contribution in [2.24, 2.45) is 0 Å². The topological polar surface area (TPSA) is 79.1 Å². The van der Waals surface area contributed by atoms with Gasteiger partial charge in [0.25, 0.3) is 5.56 Å². The van der Waals surface area contributed by atoms with E-state index in [0.29, 0.717) is 41.9 Å². The number of hydrogen-bond donors (Lipinski definition) is 2. The standard InChI is InChI=1S/C27H32N4O4S/c1-19-3-5-22(6-4-19)28-27(36)31(8-2-7-30-9-11-33-12-10-30)18-21-15-20-16-24-25(35-14-13-34-24)17-23(20)29-26(21)32/h3-6,15-17H,2,7-14,18H2,1H3,(H,28,36)(H,29,32). The second-order valence-corrected chi connectivity index (χ2v) is 9.62. The number of fused-ring (bicyclic) bond motifs is 2. The molecule has 0 atom stereocenters. The average Bonchev–Trinajstić information content (AvgIpc) is 2.89. The average molecular weight is 509 g/mol. The lowest BCUT2D eigenvalue weighted by Crippen LogP contribution is -2.40. The molecule has 3 heterocycles. The van der Waals surface area contributed by atoms with Crippen LogP contribution in [0.1, 0.15) is 17.5 Å². The summed E-state index contributed by atoms with van der Waals surface area (Å²) in [6.07, 6.45) is 0.930. The lowest BCUT2D eigenvalue weighted by Gasteiger charge is -2.29. The molecule has 2 aliphatic heterocycles. The van der Waals surface area contributed by atoms with Crippen LogP contribution in [-0.4, -0.2) is 72.5 Å². The number of ether oxygens (including phenoxy) is 3. The number of rotatable bonds is 7. The molecule has 5 rings (SSSR count). The van der Waals surface area contributed by atoms with E-state index in [9.17, 15) is 4.79 Å². The SMILES string of the molecule is Cc1ccc(NC(=S)N(CCCN2CCOCC2)Cc2cc3cc4c(cc3[nH]c2=O)OCCO4)cc1. The molecule has 0 unspecified atom stereocenters. The highest BCUT2D eigenvalue weighted by molar-refractivity contribution is 7.80. The van der Waals surface area contributed by atoms with Crippen molar-refractivity contribution in [1.82, 2.24) is 14.8 Å². The molecule has 0 aliphatic carbocycles. The second-order valence-electron chi connectivity index (χ2n) is 9.23. The smallest absolute Gasteiger partial charge is 0.253 e. The summed E-state index contributed by atoms with van der Waals surface area (Å²) in [6, 6.07) is 13.8. The molecular formula is C27H32N4O4S. The van der Waals surface area contributed by atoms with Crippen LogP contribution >= 0.6 is 12.2 Å². The van der Waals surface area contributed by atoms with Gasteiger partial charge in [-0.15, -0.1) is 0 Å². The van der Waals surface area contributed by atoms with Crippen LogP contribution in [0.3, 0.4) is 0 Å². The molecule has 0 amide bonds. The van der Waals surface area contributed by atoms with Crippen molar-refractivity contribution in [2.45, 2.75) is 19.9 Å². The Bertz CT molecular complexity index is 1270. The largest absolute Gasteiger partial charge is 0.486 e. The van der Waals surface area contributed by atoms with E-state index < -0.39 is 0 Å². The number of morpholine rings is 1. The molecule has 2 N–H and O–H groups in total. The number of nitrogens with zero attached hydrogens (tertiary/aromatic N) is 2. The minimum Gasteiger partial charge on any atom is -0.486 e. The molecule has 0 spiro atoms. The fraction of sp³-hybridized carbons (Fsp3) is 0.407. The minimum absolute atomic E-state index is 0.129. The fourth-order valence-corrected chi connectivity index (χ4v) is 4.79. The Morgan fingerprint density at radius 1 is 1.06 bits per heavy atom. The van der Waals surface area contributed by atoms with E-state index in [1.54, 1.807) is 0 Å². The fourth-order valence-electron chi connectivity index (χ4n) is 4.51. The summed E-state index contributed by atoms with van der Waals surface area (Å²) in [7, 11) is 0. The highest BCUT2D eigenvalue weighted by atomic mass is 32.1. The molecule has 8 nitrogen and oxygen atoms in total. The predicted molar refractivity (Wildman–Crippen MR) is 145 cm³/mol. The molecule has 0 saturated carbocycles. The van der Waals surface area contributed by atoms with E-state index in [4.69, 9.17) is 26.4 Å². The Morgan fingerprint density at radius 2 is 1.78 bits per heavy atom. The molecular weight excluding hydrogens is 476 g/mol. The van der Waals surface area contributed by atoms with Gasteiger partial charge in [0.05, 0.1) is 25.3 Å². The highest BCUT2D eigenvalue weighted by Gasteiger charge is 2.18. The number of anilines is 1. The molecule has 190 valence electrons. The van der Waals surface area contributed by atoms with Crippen LogP contribution in [0.2, 0.25) is 0 Å². The van der Waals surface area contributed by atoms with E-state index in [1.165, 1.54) is 5.56 Å². The number of aromatic nitrogens is 1. The summed E-state index contributed by atoms with van der Waals surface area (Å²) in [5, 5.41) is 4.85. The lowest BCUT2D eigenvalue weighted by atomic mass is 10.1. The number of aromatic amines is 1. The number of thiocarbonyl (C=S) groups is 1. The summed E-state index contributed by atoms with van der Waals surface area (Å²) in [5.74, 6) is 1.36. The van der Waals surface area contributed by atoms with Crippen molar-refractivity contribution in [3.05, 3.63) is 63.9 Å². The van der Waals surface area contributed by atoms with Gasteiger partial charge in [-0.25, -0.2) is 0 Å².